The first-order valence-electron chi connectivity index (χ1n) is 9.89. The number of rotatable bonds is 7. The molecule has 1 aliphatic heterocycles. The van der Waals surface area contributed by atoms with Crippen LogP contribution in [-0.4, -0.2) is 66.5 Å². The number of carbonyl (C=O) groups is 2. The molecule has 0 spiro atoms. The predicted molar refractivity (Wildman–Crippen MR) is 109 cm³/mol. The van der Waals surface area contributed by atoms with Gasteiger partial charge in [-0.1, -0.05) is 6.07 Å². The SMILES string of the molecule is CCOc1ccc(CCC(=O)N2CCN(C(=O)c3ccncc3)CC2)cc1OC. The summed E-state index contributed by atoms with van der Waals surface area (Å²) in [7, 11) is 1.61. The number of amides is 2. The number of hydrogen-bond donors (Lipinski definition) is 0. The van der Waals surface area contributed by atoms with E-state index in [2.05, 4.69) is 4.98 Å². The summed E-state index contributed by atoms with van der Waals surface area (Å²) in [4.78, 5) is 32.7. The van der Waals surface area contributed by atoms with Crippen LogP contribution in [0.25, 0.3) is 0 Å². The minimum Gasteiger partial charge on any atom is -0.493 e. The van der Waals surface area contributed by atoms with Crippen LogP contribution in [0, 0.1) is 0 Å². The lowest BCUT2D eigenvalue weighted by Gasteiger charge is -2.35. The van der Waals surface area contributed by atoms with Crippen molar-refractivity contribution in [2.45, 2.75) is 19.8 Å². The van der Waals surface area contributed by atoms with Gasteiger partial charge in [-0.05, 0) is 43.2 Å². The van der Waals surface area contributed by atoms with Crippen LogP contribution in [0.5, 0.6) is 11.5 Å². The fourth-order valence-electron chi connectivity index (χ4n) is 3.39. The lowest BCUT2D eigenvalue weighted by molar-refractivity contribution is -0.132. The molecule has 2 amide bonds. The number of pyridine rings is 1. The smallest absolute Gasteiger partial charge is 0.254 e. The van der Waals surface area contributed by atoms with E-state index in [0.29, 0.717) is 62.7 Å². The molecule has 2 heterocycles. The molecule has 0 aliphatic carbocycles. The molecule has 0 radical (unpaired) electrons. The van der Waals surface area contributed by atoms with Gasteiger partial charge in [0.05, 0.1) is 13.7 Å². The van der Waals surface area contributed by atoms with Crippen LogP contribution in [0.4, 0.5) is 0 Å². The maximum atomic E-state index is 12.6. The first-order valence-corrected chi connectivity index (χ1v) is 9.89. The van der Waals surface area contributed by atoms with E-state index in [1.54, 1.807) is 36.5 Å². The molecule has 0 unspecified atom stereocenters. The van der Waals surface area contributed by atoms with Gasteiger partial charge in [0.2, 0.25) is 5.91 Å². The third kappa shape index (κ3) is 5.25. The van der Waals surface area contributed by atoms with Crippen LogP contribution in [0.15, 0.2) is 42.7 Å². The van der Waals surface area contributed by atoms with E-state index in [1.807, 2.05) is 30.0 Å². The molecule has 0 atom stereocenters. The zero-order valence-corrected chi connectivity index (χ0v) is 17.0. The Hall–Kier alpha value is -3.09. The molecule has 3 rings (SSSR count). The van der Waals surface area contributed by atoms with E-state index in [-0.39, 0.29) is 11.8 Å². The summed E-state index contributed by atoms with van der Waals surface area (Å²) in [6, 6.07) is 9.19. The molecular formula is C22H27N3O4. The van der Waals surface area contributed by atoms with Gasteiger partial charge in [0.25, 0.3) is 5.91 Å². The standard InChI is InChI=1S/C22H27N3O4/c1-3-29-19-6-4-17(16-20(19)28-2)5-7-21(26)24-12-14-25(15-13-24)22(27)18-8-10-23-11-9-18/h4,6,8-11,16H,3,5,7,12-15H2,1-2H3. The number of hydrogen-bond acceptors (Lipinski definition) is 5. The van der Waals surface area contributed by atoms with E-state index in [9.17, 15) is 9.59 Å². The topological polar surface area (TPSA) is 72.0 Å². The maximum Gasteiger partial charge on any atom is 0.254 e. The van der Waals surface area contributed by atoms with Crippen molar-refractivity contribution in [3.05, 3.63) is 53.9 Å². The quantitative estimate of drug-likeness (QED) is 0.717. The Morgan fingerprint density at radius 2 is 1.69 bits per heavy atom. The van der Waals surface area contributed by atoms with Crippen molar-refractivity contribution in [2.24, 2.45) is 0 Å². The summed E-state index contributed by atoms with van der Waals surface area (Å²) in [6.07, 6.45) is 4.29. The zero-order valence-electron chi connectivity index (χ0n) is 17.0. The van der Waals surface area contributed by atoms with Crippen molar-refractivity contribution in [2.75, 3.05) is 39.9 Å². The average molecular weight is 397 g/mol. The van der Waals surface area contributed by atoms with Crippen LogP contribution in [0.2, 0.25) is 0 Å². The van der Waals surface area contributed by atoms with Gasteiger partial charge in [-0.25, -0.2) is 0 Å². The van der Waals surface area contributed by atoms with Crippen molar-refractivity contribution in [1.82, 2.24) is 14.8 Å². The second-order valence-electron chi connectivity index (χ2n) is 6.83. The average Bonchev–Trinajstić information content (AvgIpc) is 2.78. The number of aromatic nitrogens is 1. The fraction of sp³-hybridized carbons (Fsp3) is 0.409. The van der Waals surface area contributed by atoms with E-state index in [4.69, 9.17) is 9.47 Å². The Labute approximate surface area is 171 Å². The van der Waals surface area contributed by atoms with Gasteiger partial charge in [0, 0.05) is 50.6 Å². The molecule has 1 aromatic carbocycles. The first-order chi connectivity index (χ1) is 14.1. The second kappa shape index (κ2) is 9.91. The van der Waals surface area contributed by atoms with Crippen LogP contribution in [0.3, 0.4) is 0 Å². The van der Waals surface area contributed by atoms with Crippen molar-refractivity contribution < 1.29 is 19.1 Å². The Balaban J connectivity index is 1.49. The Morgan fingerprint density at radius 3 is 2.34 bits per heavy atom. The highest BCUT2D eigenvalue weighted by Crippen LogP contribution is 2.28. The summed E-state index contributed by atoms with van der Waals surface area (Å²) >= 11 is 0. The third-order valence-electron chi connectivity index (χ3n) is 5.00. The molecule has 2 aromatic rings. The van der Waals surface area contributed by atoms with E-state index in [1.165, 1.54) is 0 Å². The molecule has 0 N–H and O–H groups in total. The van der Waals surface area contributed by atoms with Crippen LogP contribution < -0.4 is 9.47 Å². The fourth-order valence-corrected chi connectivity index (χ4v) is 3.39. The van der Waals surface area contributed by atoms with Crippen LogP contribution >= 0.6 is 0 Å². The highest BCUT2D eigenvalue weighted by molar-refractivity contribution is 5.94. The molecule has 1 fully saturated rings. The van der Waals surface area contributed by atoms with E-state index < -0.39 is 0 Å². The number of methoxy groups -OCH3 is 1. The molecule has 0 saturated carbocycles. The highest BCUT2D eigenvalue weighted by Gasteiger charge is 2.24. The van der Waals surface area contributed by atoms with Crippen LogP contribution in [0.1, 0.15) is 29.3 Å². The van der Waals surface area contributed by atoms with Gasteiger partial charge in [-0.2, -0.15) is 0 Å². The molecule has 7 nitrogen and oxygen atoms in total. The Kier molecular flexibility index (Phi) is 7.05. The number of ether oxygens (including phenoxy) is 2. The second-order valence-corrected chi connectivity index (χ2v) is 6.83. The highest BCUT2D eigenvalue weighted by atomic mass is 16.5. The Morgan fingerprint density at radius 1 is 1.00 bits per heavy atom. The first kappa shape index (κ1) is 20.6. The maximum absolute atomic E-state index is 12.6. The number of nitrogens with zero attached hydrogens (tertiary/aromatic N) is 3. The van der Waals surface area contributed by atoms with Gasteiger partial charge in [0.15, 0.2) is 11.5 Å². The van der Waals surface area contributed by atoms with E-state index in [0.717, 1.165) is 5.56 Å². The molecule has 7 heteroatoms. The molecule has 1 aliphatic rings. The summed E-state index contributed by atoms with van der Waals surface area (Å²) in [6.45, 7) is 4.71. The monoisotopic (exact) mass is 397 g/mol. The molecule has 0 bridgehead atoms. The van der Waals surface area contributed by atoms with Crippen LogP contribution in [-0.2, 0) is 11.2 Å². The van der Waals surface area contributed by atoms with Gasteiger partial charge < -0.3 is 19.3 Å². The summed E-state index contributed by atoms with van der Waals surface area (Å²) in [5.41, 5.74) is 1.66. The lowest BCUT2D eigenvalue weighted by Crippen LogP contribution is -2.50. The number of carbonyl (C=O) groups excluding carboxylic acids is 2. The molecular weight excluding hydrogens is 370 g/mol. The predicted octanol–water partition coefficient (Wildman–Crippen LogP) is 2.41. The Bertz CT molecular complexity index is 833. The number of benzene rings is 1. The van der Waals surface area contributed by atoms with Crippen molar-refractivity contribution >= 4 is 11.8 Å². The van der Waals surface area contributed by atoms with Gasteiger partial charge in [-0.15, -0.1) is 0 Å². The minimum atomic E-state index is -0.0130. The minimum absolute atomic E-state index is 0.0130. The van der Waals surface area contributed by atoms with Crippen molar-refractivity contribution in [1.29, 1.82) is 0 Å². The lowest BCUT2D eigenvalue weighted by atomic mass is 10.1. The largest absolute Gasteiger partial charge is 0.493 e. The molecule has 29 heavy (non-hydrogen) atoms. The van der Waals surface area contributed by atoms with Crippen molar-refractivity contribution in [3.8, 4) is 11.5 Å². The van der Waals surface area contributed by atoms with Crippen molar-refractivity contribution in [3.63, 3.8) is 0 Å². The van der Waals surface area contributed by atoms with E-state index >= 15 is 0 Å². The number of aryl methyl sites for hydroxylation is 1. The summed E-state index contributed by atoms with van der Waals surface area (Å²) < 4.78 is 10.9. The molecule has 154 valence electrons. The summed E-state index contributed by atoms with van der Waals surface area (Å²) in [5, 5.41) is 0. The van der Waals surface area contributed by atoms with Gasteiger partial charge >= 0.3 is 0 Å². The third-order valence-corrected chi connectivity index (χ3v) is 5.00. The molecule has 1 aromatic heterocycles. The van der Waals surface area contributed by atoms with Gasteiger partial charge in [0.1, 0.15) is 0 Å². The zero-order chi connectivity index (χ0) is 20.6. The molecule has 1 saturated heterocycles. The van der Waals surface area contributed by atoms with Gasteiger partial charge in [-0.3, -0.25) is 14.6 Å². The summed E-state index contributed by atoms with van der Waals surface area (Å²) in [5.74, 6) is 1.48. The normalized spacial score (nSPS) is 13.9. The number of piperazine rings is 1.